The number of hydrogen-bond donors (Lipinski definition) is 2. The van der Waals surface area contributed by atoms with Crippen LogP contribution in [0.3, 0.4) is 0 Å². The summed E-state index contributed by atoms with van der Waals surface area (Å²) in [5.41, 5.74) is 3.56. The molecule has 0 radical (unpaired) electrons. The van der Waals surface area contributed by atoms with Crippen LogP contribution in [-0.2, 0) is 12.8 Å². The minimum Gasteiger partial charge on any atom is -0.361 e. The lowest BCUT2D eigenvalue weighted by molar-refractivity contribution is 0.0931. The maximum Gasteiger partial charge on any atom is 0.257 e. The molecule has 2 heterocycles. The number of rotatable bonds is 2. The lowest BCUT2D eigenvalue weighted by atomic mass is 9.93. The number of nitrogens with one attached hydrogen (secondary N) is 2. The van der Waals surface area contributed by atoms with E-state index < -0.39 is 0 Å². The van der Waals surface area contributed by atoms with E-state index in [2.05, 4.69) is 20.7 Å². The minimum atomic E-state index is -0.107. The second kappa shape index (κ2) is 4.53. The first-order valence-electron chi connectivity index (χ1n) is 6.40. The summed E-state index contributed by atoms with van der Waals surface area (Å²) in [5, 5.41) is 13.9. The molecule has 0 aliphatic heterocycles. The summed E-state index contributed by atoms with van der Waals surface area (Å²) in [5.74, 6) is 0.456. The number of hydrogen-bond acceptors (Lipinski definition) is 4. The molecule has 2 aromatic rings. The maximum absolute atomic E-state index is 12.2. The normalized spacial score (nSPS) is 18.1. The van der Waals surface area contributed by atoms with Crippen LogP contribution in [0.15, 0.2) is 10.7 Å². The van der Waals surface area contributed by atoms with Gasteiger partial charge in [-0.15, -0.1) is 0 Å². The van der Waals surface area contributed by atoms with Crippen molar-refractivity contribution in [3.63, 3.8) is 0 Å². The van der Waals surface area contributed by atoms with Gasteiger partial charge in [-0.2, -0.15) is 5.10 Å². The average molecular weight is 260 g/mol. The van der Waals surface area contributed by atoms with Gasteiger partial charge < -0.3 is 9.84 Å². The van der Waals surface area contributed by atoms with E-state index in [9.17, 15) is 4.79 Å². The molecule has 0 saturated carbocycles. The summed E-state index contributed by atoms with van der Waals surface area (Å²) in [6.45, 7) is 3.53. The molecule has 0 fully saturated rings. The lowest BCUT2D eigenvalue weighted by Crippen LogP contribution is -2.39. The molecule has 0 bridgehead atoms. The number of carbonyl (C=O) groups excluding carboxylic acids is 1. The molecule has 1 unspecified atom stereocenters. The van der Waals surface area contributed by atoms with Crippen LogP contribution in [0.1, 0.15) is 39.5 Å². The summed E-state index contributed by atoms with van der Waals surface area (Å²) < 4.78 is 5.02. The molecule has 100 valence electrons. The van der Waals surface area contributed by atoms with Crippen LogP contribution in [0.25, 0.3) is 0 Å². The second-order valence-corrected chi connectivity index (χ2v) is 4.99. The van der Waals surface area contributed by atoms with Crippen molar-refractivity contribution in [1.29, 1.82) is 0 Å². The number of aromatic amines is 1. The van der Waals surface area contributed by atoms with E-state index in [0.29, 0.717) is 17.0 Å². The van der Waals surface area contributed by atoms with E-state index in [1.165, 1.54) is 5.56 Å². The Morgan fingerprint density at radius 3 is 3.11 bits per heavy atom. The summed E-state index contributed by atoms with van der Waals surface area (Å²) in [6.07, 6.45) is 4.53. The molecular formula is C13H16N4O2. The topological polar surface area (TPSA) is 83.8 Å². The molecule has 0 spiro atoms. The van der Waals surface area contributed by atoms with E-state index in [4.69, 9.17) is 4.52 Å². The van der Waals surface area contributed by atoms with Gasteiger partial charge in [0.2, 0.25) is 0 Å². The van der Waals surface area contributed by atoms with Crippen molar-refractivity contribution in [1.82, 2.24) is 20.7 Å². The van der Waals surface area contributed by atoms with Crippen LogP contribution >= 0.6 is 0 Å². The Morgan fingerprint density at radius 1 is 1.53 bits per heavy atom. The molecule has 1 aliphatic rings. The van der Waals surface area contributed by atoms with E-state index >= 15 is 0 Å². The smallest absolute Gasteiger partial charge is 0.257 e. The van der Waals surface area contributed by atoms with Crippen molar-refractivity contribution in [3.05, 3.63) is 34.5 Å². The molecule has 2 aromatic heterocycles. The Hall–Kier alpha value is -2.11. The van der Waals surface area contributed by atoms with Crippen molar-refractivity contribution < 1.29 is 9.32 Å². The standard InChI is InChI=1S/C13H16N4O2/c1-7-12(8(2)19-17-7)13(18)15-10-4-3-9-6-14-16-11(9)5-10/h6,10H,3-5H2,1-2H3,(H,14,16)(H,15,18). The van der Waals surface area contributed by atoms with E-state index in [1.807, 2.05) is 6.20 Å². The fourth-order valence-electron chi connectivity index (χ4n) is 2.60. The predicted octanol–water partition coefficient (Wildman–Crippen LogP) is 1.30. The van der Waals surface area contributed by atoms with Crippen LogP contribution in [0.4, 0.5) is 0 Å². The van der Waals surface area contributed by atoms with Crippen molar-refractivity contribution in [3.8, 4) is 0 Å². The van der Waals surface area contributed by atoms with Gasteiger partial charge >= 0.3 is 0 Å². The van der Waals surface area contributed by atoms with Crippen molar-refractivity contribution in [2.24, 2.45) is 0 Å². The van der Waals surface area contributed by atoms with Crippen LogP contribution in [0.2, 0.25) is 0 Å². The third kappa shape index (κ3) is 2.14. The van der Waals surface area contributed by atoms with Gasteiger partial charge in [-0.1, -0.05) is 5.16 Å². The number of carbonyl (C=O) groups is 1. The second-order valence-electron chi connectivity index (χ2n) is 4.99. The quantitative estimate of drug-likeness (QED) is 0.852. The van der Waals surface area contributed by atoms with Gasteiger partial charge in [0.15, 0.2) is 0 Å². The first kappa shape index (κ1) is 12.0. The molecule has 1 aliphatic carbocycles. The Balaban J connectivity index is 1.72. The molecule has 2 N–H and O–H groups in total. The summed E-state index contributed by atoms with van der Waals surface area (Å²) >= 11 is 0. The molecule has 6 heteroatoms. The van der Waals surface area contributed by atoms with Gasteiger partial charge in [-0.25, -0.2) is 0 Å². The minimum absolute atomic E-state index is 0.107. The Morgan fingerprint density at radius 2 is 2.37 bits per heavy atom. The highest BCUT2D eigenvalue weighted by Gasteiger charge is 2.24. The Labute approximate surface area is 110 Å². The SMILES string of the molecule is Cc1noc(C)c1C(=O)NC1CCc2cn[nH]c2C1. The van der Waals surface area contributed by atoms with Crippen molar-refractivity contribution >= 4 is 5.91 Å². The van der Waals surface area contributed by atoms with E-state index in [-0.39, 0.29) is 11.9 Å². The molecule has 1 atom stereocenters. The number of nitrogens with zero attached hydrogens (tertiary/aromatic N) is 2. The lowest BCUT2D eigenvalue weighted by Gasteiger charge is -2.22. The van der Waals surface area contributed by atoms with Gasteiger partial charge in [-0.05, 0) is 32.3 Å². The van der Waals surface area contributed by atoms with Crippen LogP contribution in [0, 0.1) is 13.8 Å². The molecule has 1 amide bonds. The summed E-state index contributed by atoms with van der Waals surface area (Å²) in [7, 11) is 0. The van der Waals surface area contributed by atoms with E-state index in [0.717, 1.165) is 25.0 Å². The molecule has 19 heavy (non-hydrogen) atoms. The number of amides is 1. The Bertz CT molecular complexity index is 594. The largest absolute Gasteiger partial charge is 0.361 e. The number of aryl methyl sites for hydroxylation is 3. The zero-order valence-electron chi connectivity index (χ0n) is 11.0. The van der Waals surface area contributed by atoms with Crippen LogP contribution in [-0.4, -0.2) is 27.3 Å². The first-order valence-corrected chi connectivity index (χ1v) is 6.40. The van der Waals surface area contributed by atoms with Gasteiger partial charge in [0.25, 0.3) is 5.91 Å². The highest BCUT2D eigenvalue weighted by Crippen LogP contribution is 2.20. The molecule has 0 aromatic carbocycles. The van der Waals surface area contributed by atoms with E-state index in [1.54, 1.807) is 13.8 Å². The van der Waals surface area contributed by atoms with Gasteiger partial charge in [0.05, 0.1) is 11.9 Å². The zero-order valence-corrected chi connectivity index (χ0v) is 11.0. The molecule has 0 saturated heterocycles. The third-order valence-corrected chi connectivity index (χ3v) is 3.62. The zero-order chi connectivity index (χ0) is 13.4. The molecule has 6 nitrogen and oxygen atoms in total. The Kier molecular flexibility index (Phi) is 2.85. The van der Waals surface area contributed by atoms with Gasteiger partial charge in [0, 0.05) is 18.2 Å². The fourth-order valence-corrected chi connectivity index (χ4v) is 2.60. The van der Waals surface area contributed by atoms with Crippen molar-refractivity contribution in [2.45, 2.75) is 39.2 Å². The van der Waals surface area contributed by atoms with Gasteiger partial charge in [-0.3, -0.25) is 9.89 Å². The van der Waals surface area contributed by atoms with Crippen LogP contribution in [0.5, 0.6) is 0 Å². The first-order chi connectivity index (χ1) is 9.15. The van der Waals surface area contributed by atoms with Crippen LogP contribution < -0.4 is 5.32 Å². The number of fused-ring (bicyclic) bond motifs is 1. The maximum atomic E-state index is 12.2. The summed E-state index contributed by atoms with van der Waals surface area (Å²) in [4.78, 5) is 12.2. The highest BCUT2D eigenvalue weighted by atomic mass is 16.5. The number of aromatic nitrogens is 3. The fraction of sp³-hybridized carbons (Fsp3) is 0.462. The third-order valence-electron chi connectivity index (χ3n) is 3.62. The molecular weight excluding hydrogens is 244 g/mol. The number of H-pyrrole nitrogens is 1. The predicted molar refractivity (Wildman–Crippen MR) is 67.8 cm³/mol. The summed E-state index contributed by atoms with van der Waals surface area (Å²) in [6, 6.07) is 0.133. The monoisotopic (exact) mass is 260 g/mol. The molecule has 3 rings (SSSR count). The average Bonchev–Trinajstić information content (AvgIpc) is 2.95. The van der Waals surface area contributed by atoms with Crippen molar-refractivity contribution in [2.75, 3.05) is 0 Å². The van der Waals surface area contributed by atoms with Gasteiger partial charge in [0.1, 0.15) is 11.3 Å². The highest BCUT2D eigenvalue weighted by molar-refractivity contribution is 5.96.